The molecule has 0 atom stereocenters. The van der Waals surface area contributed by atoms with Gasteiger partial charge in [-0.3, -0.25) is 9.78 Å². The van der Waals surface area contributed by atoms with Crippen molar-refractivity contribution in [1.29, 1.82) is 0 Å². The van der Waals surface area contributed by atoms with Gasteiger partial charge in [-0.05, 0) is 93.7 Å². The number of carbonyl (C=O) groups is 1. The van der Waals surface area contributed by atoms with Gasteiger partial charge in [0.15, 0.2) is 0 Å². The first kappa shape index (κ1) is 23.6. The number of benzene rings is 1. The summed E-state index contributed by atoms with van der Waals surface area (Å²) in [6.07, 6.45) is 10.6. The van der Waals surface area contributed by atoms with Crippen molar-refractivity contribution < 1.29 is 4.79 Å². The van der Waals surface area contributed by atoms with E-state index in [1.807, 2.05) is 37.1 Å². The number of nitrogens with zero attached hydrogens (tertiary/aromatic N) is 4. The van der Waals surface area contributed by atoms with Crippen molar-refractivity contribution in [3.05, 3.63) is 84.5 Å². The van der Waals surface area contributed by atoms with Crippen LogP contribution in [0.1, 0.15) is 41.4 Å². The van der Waals surface area contributed by atoms with Crippen molar-refractivity contribution in [1.82, 2.24) is 19.8 Å². The number of amides is 1. The minimum Gasteiger partial charge on any atom is -0.351 e. The lowest BCUT2D eigenvalue weighted by Crippen LogP contribution is -2.31. The molecule has 1 N–H and O–H groups in total. The number of piperidine rings is 1. The molecule has 1 aromatic carbocycles. The minimum absolute atomic E-state index is 0.171. The lowest BCUT2D eigenvalue weighted by atomic mass is 9.92. The normalized spacial score (nSPS) is 15.3. The molecular weight excluding hydrogens is 422 g/mol. The van der Waals surface area contributed by atoms with Crippen LogP contribution in [0, 0.1) is 5.92 Å². The van der Waals surface area contributed by atoms with Gasteiger partial charge >= 0.3 is 0 Å². The van der Waals surface area contributed by atoms with Gasteiger partial charge in [-0.2, -0.15) is 0 Å². The van der Waals surface area contributed by atoms with Crippen LogP contribution in [0.15, 0.2) is 67.6 Å². The van der Waals surface area contributed by atoms with Gasteiger partial charge in [-0.15, -0.1) is 0 Å². The molecule has 0 saturated carbocycles. The molecule has 1 saturated heterocycles. The van der Waals surface area contributed by atoms with E-state index in [-0.39, 0.29) is 5.91 Å². The average Bonchev–Trinajstić information content (AvgIpc) is 2.85. The number of anilines is 1. The lowest BCUT2D eigenvalue weighted by molar-refractivity contribution is 0.102. The molecule has 6 heteroatoms. The van der Waals surface area contributed by atoms with E-state index >= 15 is 0 Å². The maximum absolute atomic E-state index is 13.0. The van der Waals surface area contributed by atoms with Crippen LogP contribution in [-0.2, 0) is 6.42 Å². The maximum atomic E-state index is 13.0. The zero-order valence-electron chi connectivity index (χ0n) is 20.3. The van der Waals surface area contributed by atoms with Gasteiger partial charge in [-0.25, -0.2) is 4.98 Å². The molecule has 0 spiro atoms. The van der Waals surface area contributed by atoms with Crippen LogP contribution >= 0.6 is 0 Å². The molecule has 4 rings (SSSR count). The van der Waals surface area contributed by atoms with E-state index in [0.717, 1.165) is 47.2 Å². The number of hydrogen-bond donors (Lipinski definition) is 1. The van der Waals surface area contributed by atoms with Gasteiger partial charge in [0.05, 0.1) is 0 Å². The second kappa shape index (κ2) is 10.6. The van der Waals surface area contributed by atoms with Crippen LogP contribution in [0.2, 0.25) is 0 Å². The topological polar surface area (TPSA) is 61.4 Å². The molecule has 3 aromatic rings. The quantitative estimate of drug-likeness (QED) is 0.530. The molecule has 6 nitrogen and oxygen atoms in total. The molecule has 1 amide bonds. The molecule has 0 bridgehead atoms. The Labute approximate surface area is 202 Å². The highest BCUT2D eigenvalue weighted by Crippen LogP contribution is 2.25. The van der Waals surface area contributed by atoms with Gasteiger partial charge in [0.1, 0.15) is 5.82 Å². The summed E-state index contributed by atoms with van der Waals surface area (Å²) in [7, 11) is 4.14. The first-order chi connectivity index (χ1) is 16.5. The number of pyridine rings is 2. The van der Waals surface area contributed by atoms with Crippen LogP contribution in [0.5, 0.6) is 0 Å². The molecular formula is C28H33N5O. The molecule has 1 fully saturated rings. The number of rotatable bonds is 7. The summed E-state index contributed by atoms with van der Waals surface area (Å²) < 4.78 is 0. The molecule has 0 aliphatic carbocycles. The number of hydrogen-bond acceptors (Lipinski definition) is 5. The van der Waals surface area contributed by atoms with Gasteiger partial charge in [0, 0.05) is 41.8 Å². The number of nitrogens with one attached hydrogen (secondary N) is 1. The Bertz CT molecular complexity index is 1210. The van der Waals surface area contributed by atoms with Crippen molar-refractivity contribution in [2.45, 2.75) is 26.2 Å². The number of allylic oxidation sites excluding steroid dienone is 1. The van der Waals surface area contributed by atoms with E-state index < -0.39 is 0 Å². The molecule has 3 heterocycles. The summed E-state index contributed by atoms with van der Waals surface area (Å²) in [5, 5.41) is 4.99. The van der Waals surface area contributed by atoms with Gasteiger partial charge < -0.3 is 15.1 Å². The number of carbonyl (C=O) groups excluding carboxylic acids is 1. The fraction of sp³-hybridized carbons (Fsp3) is 0.321. The standard InChI is InChI=1S/C28H33N5O/c1-5-26(33(4)6-2)21-7-8-23-19-30-27(18-24(23)16-21)31-28(34)22-9-12-29-25(17-22)15-20-10-13-32(3)14-11-20/h5-9,12,16-20H,2,10-11,13-15H2,1,3-4H3,(H,30,31,34)/b26-5-. The monoisotopic (exact) mass is 455 g/mol. The first-order valence-electron chi connectivity index (χ1n) is 11.8. The van der Waals surface area contributed by atoms with Crippen molar-refractivity contribution in [3.8, 4) is 0 Å². The molecule has 0 radical (unpaired) electrons. The molecule has 176 valence electrons. The number of likely N-dealkylation sites (tertiary alicyclic amines) is 1. The summed E-state index contributed by atoms with van der Waals surface area (Å²) in [4.78, 5) is 26.3. The SMILES string of the molecule is C=CN(C)/C(=C\C)c1ccc2cnc(NC(=O)c3ccnc(CC4CCN(C)CC4)c3)cc2c1. The Balaban J connectivity index is 1.49. The summed E-state index contributed by atoms with van der Waals surface area (Å²) in [6, 6.07) is 11.8. The van der Waals surface area contributed by atoms with Crippen LogP contribution < -0.4 is 5.32 Å². The van der Waals surface area contributed by atoms with E-state index in [9.17, 15) is 4.79 Å². The molecule has 1 aliphatic rings. The Hall–Kier alpha value is -3.51. The summed E-state index contributed by atoms with van der Waals surface area (Å²) in [6.45, 7) is 8.11. The number of aromatic nitrogens is 2. The average molecular weight is 456 g/mol. The third-order valence-electron chi connectivity index (χ3n) is 6.60. The molecule has 1 aliphatic heterocycles. The molecule has 2 aromatic heterocycles. The Morgan fingerprint density at radius 3 is 2.68 bits per heavy atom. The number of fused-ring (bicyclic) bond motifs is 1. The summed E-state index contributed by atoms with van der Waals surface area (Å²) in [5.41, 5.74) is 3.72. The Morgan fingerprint density at radius 2 is 1.94 bits per heavy atom. The zero-order chi connectivity index (χ0) is 24.1. The predicted molar refractivity (Wildman–Crippen MR) is 139 cm³/mol. The van der Waals surface area contributed by atoms with Crippen LogP contribution in [0.25, 0.3) is 16.5 Å². The highest BCUT2D eigenvalue weighted by atomic mass is 16.1. The van der Waals surface area contributed by atoms with Gasteiger partial charge in [0.2, 0.25) is 0 Å². The first-order valence-corrected chi connectivity index (χ1v) is 11.8. The second-order valence-corrected chi connectivity index (χ2v) is 9.04. The summed E-state index contributed by atoms with van der Waals surface area (Å²) >= 11 is 0. The van der Waals surface area contributed by atoms with Crippen LogP contribution in [0.3, 0.4) is 0 Å². The molecule has 0 unspecified atom stereocenters. The second-order valence-electron chi connectivity index (χ2n) is 9.04. The lowest BCUT2D eigenvalue weighted by Gasteiger charge is -2.28. The highest BCUT2D eigenvalue weighted by Gasteiger charge is 2.18. The largest absolute Gasteiger partial charge is 0.351 e. The Morgan fingerprint density at radius 1 is 1.15 bits per heavy atom. The Kier molecular flexibility index (Phi) is 7.38. The van der Waals surface area contributed by atoms with Crippen molar-refractivity contribution in [3.63, 3.8) is 0 Å². The predicted octanol–water partition coefficient (Wildman–Crippen LogP) is 5.20. The van der Waals surface area contributed by atoms with Crippen LogP contribution in [-0.4, -0.2) is 52.9 Å². The third kappa shape index (κ3) is 5.51. The molecule has 34 heavy (non-hydrogen) atoms. The van der Waals surface area contributed by atoms with Crippen molar-refractivity contribution >= 4 is 28.2 Å². The van der Waals surface area contributed by atoms with E-state index in [1.54, 1.807) is 24.7 Å². The smallest absolute Gasteiger partial charge is 0.256 e. The van der Waals surface area contributed by atoms with Gasteiger partial charge in [-0.1, -0.05) is 24.8 Å². The summed E-state index contributed by atoms with van der Waals surface area (Å²) in [5.74, 6) is 0.985. The van der Waals surface area contributed by atoms with Crippen molar-refractivity contribution in [2.75, 3.05) is 32.5 Å². The van der Waals surface area contributed by atoms with E-state index in [2.05, 4.69) is 52.0 Å². The van der Waals surface area contributed by atoms with Crippen molar-refractivity contribution in [2.24, 2.45) is 5.92 Å². The van der Waals surface area contributed by atoms with E-state index in [1.165, 1.54) is 12.8 Å². The van der Waals surface area contributed by atoms with Gasteiger partial charge in [0.25, 0.3) is 5.91 Å². The third-order valence-corrected chi connectivity index (χ3v) is 6.60. The zero-order valence-corrected chi connectivity index (χ0v) is 20.3. The van der Waals surface area contributed by atoms with E-state index in [0.29, 0.717) is 17.3 Å². The fourth-order valence-electron chi connectivity index (χ4n) is 4.52. The fourth-order valence-corrected chi connectivity index (χ4v) is 4.52. The maximum Gasteiger partial charge on any atom is 0.256 e. The van der Waals surface area contributed by atoms with Crippen LogP contribution in [0.4, 0.5) is 5.82 Å². The minimum atomic E-state index is -0.171. The highest BCUT2D eigenvalue weighted by molar-refractivity contribution is 6.04. The van der Waals surface area contributed by atoms with E-state index in [4.69, 9.17) is 0 Å².